The fourth-order valence-corrected chi connectivity index (χ4v) is 2.34. The molecule has 1 heterocycles. The van der Waals surface area contributed by atoms with Gasteiger partial charge in [0.2, 0.25) is 0 Å². The van der Waals surface area contributed by atoms with Gasteiger partial charge in [-0.05, 0) is 45.6 Å². The molecule has 0 aromatic carbocycles. The van der Waals surface area contributed by atoms with Crippen LogP contribution in [0.2, 0.25) is 5.15 Å². The number of nitrogens with zero attached hydrogens (tertiary/aromatic N) is 2. The number of nitrogens with two attached hydrogens (primary N) is 1. The Kier molecular flexibility index (Phi) is 4.90. The van der Waals surface area contributed by atoms with E-state index in [9.17, 15) is 4.79 Å². The van der Waals surface area contributed by atoms with Crippen LogP contribution in [0.15, 0.2) is 12.3 Å². The van der Waals surface area contributed by atoms with Crippen LogP contribution in [0.1, 0.15) is 45.7 Å². The molecule has 0 bridgehead atoms. The Morgan fingerprint density at radius 1 is 1.50 bits per heavy atom. The number of aromatic nitrogens is 2. The molecule has 1 aliphatic rings. The minimum absolute atomic E-state index is 0.0656. The molecule has 0 saturated carbocycles. The minimum atomic E-state index is -0.490. The van der Waals surface area contributed by atoms with Gasteiger partial charge in [0.15, 0.2) is 11.0 Å². The molecule has 6 nitrogen and oxygen atoms in total. The first kappa shape index (κ1) is 16.5. The highest BCUT2D eigenvalue weighted by Gasteiger charge is 2.22. The Labute approximate surface area is 135 Å². The number of carbonyl (C=O) groups excluding carboxylic acids is 1. The number of hydrogen-bond donors (Lipinski definition) is 2. The molecule has 0 fully saturated rings. The lowest BCUT2D eigenvalue weighted by Crippen LogP contribution is -2.39. The number of carbonyl (C=O) groups is 1. The summed E-state index contributed by atoms with van der Waals surface area (Å²) in [5, 5.41) is 3.10. The van der Waals surface area contributed by atoms with Gasteiger partial charge in [-0.2, -0.15) is 0 Å². The Hall–Kier alpha value is -1.82. The quantitative estimate of drug-likeness (QED) is 0.872. The van der Waals surface area contributed by atoms with E-state index in [2.05, 4.69) is 15.3 Å². The predicted octanol–water partition coefficient (Wildman–Crippen LogP) is 3.17. The summed E-state index contributed by atoms with van der Waals surface area (Å²) >= 11 is 5.89. The summed E-state index contributed by atoms with van der Waals surface area (Å²) in [5.74, 6) is 0.228. The molecule has 0 saturated heterocycles. The molecule has 1 aliphatic carbocycles. The van der Waals surface area contributed by atoms with Crippen molar-refractivity contribution in [3.05, 3.63) is 23.1 Å². The Bertz CT molecular complexity index is 596. The maximum atomic E-state index is 11.8. The highest BCUT2D eigenvalue weighted by molar-refractivity contribution is 6.31. The van der Waals surface area contributed by atoms with Gasteiger partial charge in [-0.3, -0.25) is 0 Å². The second kappa shape index (κ2) is 6.52. The molecule has 2 rings (SSSR count). The van der Waals surface area contributed by atoms with E-state index in [1.807, 2.05) is 26.8 Å². The van der Waals surface area contributed by atoms with E-state index in [1.54, 1.807) is 6.20 Å². The highest BCUT2D eigenvalue weighted by Crippen LogP contribution is 2.27. The third-order valence-electron chi connectivity index (χ3n) is 3.22. The zero-order valence-corrected chi connectivity index (χ0v) is 13.8. The van der Waals surface area contributed by atoms with E-state index in [-0.39, 0.29) is 23.1 Å². The number of nitrogen functional groups attached to an aromatic ring is 1. The van der Waals surface area contributed by atoms with Gasteiger partial charge in [0.05, 0.1) is 11.9 Å². The second-order valence-electron chi connectivity index (χ2n) is 6.28. The summed E-state index contributed by atoms with van der Waals surface area (Å²) < 4.78 is 5.26. The molecule has 1 aromatic heterocycles. The monoisotopic (exact) mass is 324 g/mol. The van der Waals surface area contributed by atoms with Crippen LogP contribution < -0.4 is 11.1 Å². The summed E-state index contributed by atoms with van der Waals surface area (Å²) in [4.78, 5) is 20.0. The lowest BCUT2D eigenvalue weighted by atomic mass is 9.93. The highest BCUT2D eigenvalue weighted by atomic mass is 35.5. The number of allylic oxidation sites excluding steroid dienone is 1. The van der Waals surface area contributed by atoms with Gasteiger partial charge in [0, 0.05) is 6.04 Å². The van der Waals surface area contributed by atoms with E-state index in [0.717, 1.165) is 30.5 Å². The first-order valence-corrected chi connectivity index (χ1v) is 7.59. The fraction of sp³-hybridized carbons (Fsp3) is 0.533. The van der Waals surface area contributed by atoms with Crippen molar-refractivity contribution in [1.29, 1.82) is 0 Å². The molecule has 1 aromatic rings. The van der Waals surface area contributed by atoms with Crippen molar-refractivity contribution < 1.29 is 9.53 Å². The summed E-state index contributed by atoms with van der Waals surface area (Å²) in [6, 6.07) is 0.0656. The van der Waals surface area contributed by atoms with Crippen LogP contribution in [0.25, 0.3) is 5.57 Å². The van der Waals surface area contributed by atoms with Crippen LogP contribution in [0.4, 0.5) is 10.6 Å². The maximum Gasteiger partial charge on any atom is 0.407 e. The number of rotatable bonds is 2. The summed E-state index contributed by atoms with van der Waals surface area (Å²) in [6.07, 6.45) is 5.60. The minimum Gasteiger partial charge on any atom is -0.444 e. The van der Waals surface area contributed by atoms with E-state index in [4.69, 9.17) is 22.1 Å². The largest absolute Gasteiger partial charge is 0.444 e. The first-order chi connectivity index (χ1) is 10.2. The molecule has 0 radical (unpaired) electrons. The number of anilines is 1. The topological polar surface area (TPSA) is 90.1 Å². The summed E-state index contributed by atoms with van der Waals surface area (Å²) in [5.41, 5.74) is 6.87. The van der Waals surface area contributed by atoms with Crippen LogP contribution in [0.3, 0.4) is 0 Å². The lowest BCUT2D eigenvalue weighted by molar-refractivity contribution is 0.0502. The molecular formula is C15H21ClN4O2. The van der Waals surface area contributed by atoms with Gasteiger partial charge < -0.3 is 15.8 Å². The SMILES string of the molecule is CC(C)(C)OC(=O)NC1CC=C(c2cnc(N)c(Cl)n2)CC1. The van der Waals surface area contributed by atoms with Crippen LogP contribution >= 0.6 is 11.6 Å². The van der Waals surface area contributed by atoms with Crippen molar-refractivity contribution in [3.8, 4) is 0 Å². The summed E-state index contributed by atoms with van der Waals surface area (Å²) in [6.45, 7) is 5.53. The third kappa shape index (κ3) is 4.59. The first-order valence-electron chi connectivity index (χ1n) is 7.21. The Balaban J connectivity index is 1.95. The normalized spacial score (nSPS) is 18.5. The van der Waals surface area contributed by atoms with E-state index in [1.165, 1.54) is 0 Å². The molecule has 1 amide bonds. The Morgan fingerprint density at radius 3 is 2.77 bits per heavy atom. The van der Waals surface area contributed by atoms with Crippen molar-refractivity contribution in [1.82, 2.24) is 15.3 Å². The van der Waals surface area contributed by atoms with Crippen LogP contribution in [-0.4, -0.2) is 27.7 Å². The van der Waals surface area contributed by atoms with Crippen molar-refractivity contribution in [3.63, 3.8) is 0 Å². The number of alkyl carbamates (subject to hydrolysis) is 1. The zero-order valence-electron chi connectivity index (χ0n) is 13.0. The molecular weight excluding hydrogens is 304 g/mol. The molecule has 1 unspecified atom stereocenters. The zero-order chi connectivity index (χ0) is 16.3. The molecule has 7 heteroatoms. The average molecular weight is 325 g/mol. The number of nitrogens with one attached hydrogen (secondary N) is 1. The standard InChI is InChI=1S/C15H21ClN4O2/c1-15(2,3)22-14(21)19-10-6-4-9(5-7-10)11-8-18-13(17)12(16)20-11/h4,8,10H,5-7H2,1-3H3,(H2,17,18)(H,19,21). The summed E-state index contributed by atoms with van der Waals surface area (Å²) in [7, 11) is 0. The molecule has 120 valence electrons. The smallest absolute Gasteiger partial charge is 0.407 e. The van der Waals surface area contributed by atoms with Gasteiger partial charge in [0.25, 0.3) is 0 Å². The molecule has 22 heavy (non-hydrogen) atoms. The van der Waals surface area contributed by atoms with Gasteiger partial charge in [-0.1, -0.05) is 17.7 Å². The van der Waals surface area contributed by atoms with Crippen LogP contribution in [0, 0.1) is 0 Å². The predicted molar refractivity (Wildman–Crippen MR) is 86.4 cm³/mol. The van der Waals surface area contributed by atoms with E-state index < -0.39 is 5.60 Å². The lowest BCUT2D eigenvalue weighted by Gasteiger charge is -2.25. The van der Waals surface area contributed by atoms with Gasteiger partial charge >= 0.3 is 6.09 Å². The van der Waals surface area contributed by atoms with Gasteiger partial charge in [-0.25, -0.2) is 14.8 Å². The molecule has 3 N–H and O–H groups in total. The fourth-order valence-electron chi connectivity index (χ4n) is 2.20. The number of ether oxygens (including phenoxy) is 1. The van der Waals surface area contributed by atoms with E-state index >= 15 is 0 Å². The van der Waals surface area contributed by atoms with Gasteiger partial charge in [-0.15, -0.1) is 0 Å². The van der Waals surface area contributed by atoms with Crippen molar-refractivity contribution in [2.75, 3.05) is 5.73 Å². The van der Waals surface area contributed by atoms with Crippen LogP contribution in [-0.2, 0) is 4.74 Å². The van der Waals surface area contributed by atoms with Crippen molar-refractivity contribution in [2.24, 2.45) is 0 Å². The number of halogens is 1. The molecule has 1 atom stereocenters. The van der Waals surface area contributed by atoms with Crippen molar-refractivity contribution >= 4 is 29.1 Å². The number of hydrogen-bond acceptors (Lipinski definition) is 5. The average Bonchev–Trinajstić information content (AvgIpc) is 2.40. The molecule has 0 aliphatic heterocycles. The van der Waals surface area contributed by atoms with Gasteiger partial charge in [0.1, 0.15) is 5.60 Å². The third-order valence-corrected chi connectivity index (χ3v) is 3.49. The maximum absolute atomic E-state index is 11.8. The van der Waals surface area contributed by atoms with Crippen LogP contribution in [0.5, 0.6) is 0 Å². The second-order valence-corrected chi connectivity index (χ2v) is 6.64. The molecule has 0 spiro atoms. The van der Waals surface area contributed by atoms with E-state index in [0.29, 0.717) is 0 Å². The van der Waals surface area contributed by atoms with Crippen molar-refractivity contribution in [2.45, 2.75) is 51.7 Å². The Morgan fingerprint density at radius 2 is 2.23 bits per heavy atom. The number of amides is 1.